The van der Waals surface area contributed by atoms with Crippen molar-refractivity contribution in [1.82, 2.24) is 0 Å². The van der Waals surface area contributed by atoms with Crippen molar-refractivity contribution in [3.8, 4) is 0 Å². The first-order chi connectivity index (χ1) is 12.0. The van der Waals surface area contributed by atoms with Crippen LogP contribution in [0.25, 0.3) is 0 Å². The van der Waals surface area contributed by atoms with Crippen molar-refractivity contribution in [2.75, 3.05) is 7.11 Å². The minimum Gasteiger partial charge on any atom is -0.466 e. The zero-order chi connectivity index (χ0) is 19.9. The lowest BCUT2D eigenvalue weighted by Crippen LogP contribution is -2.63. The number of carbonyl (C=O) groups excluding carboxylic acids is 2. The van der Waals surface area contributed by atoms with E-state index in [2.05, 4.69) is 11.7 Å². The molecule has 5 nitrogen and oxygen atoms in total. The summed E-state index contributed by atoms with van der Waals surface area (Å²) in [7, 11) is 1.35. The van der Waals surface area contributed by atoms with E-state index in [-0.39, 0.29) is 29.0 Å². The molecule has 0 saturated heterocycles. The van der Waals surface area contributed by atoms with Crippen molar-refractivity contribution in [3.63, 3.8) is 0 Å². The van der Waals surface area contributed by atoms with Gasteiger partial charge in [0, 0.05) is 17.9 Å². The van der Waals surface area contributed by atoms with Crippen molar-refractivity contribution in [2.24, 2.45) is 22.7 Å². The van der Waals surface area contributed by atoms with Crippen molar-refractivity contribution in [1.29, 1.82) is 0 Å². The van der Waals surface area contributed by atoms with Crippen LogP contribution in [0.5, 0.6) is 0 Å². The molecule has 0 aliphatic heterocycles. The second-order valence-electron chi connectivity index (χ2n) is 8.58. The largest absolute Gasteiger partial charge is 0.466 e. The fourth-order valence-electron chi connectivity index (χ4n) is 5.04. The molecule has 2 N–H and O–H groups in total. The molecular formula is C21H32O5. The fourth-order valence-corrected chi connectivity index (χ4v) is 5.04. The van der Waals surface area contributed by atoms with Crippen LogP contribution in [0.15, 0.2) is 23.3 Å². The Morgan fingerprint density at radius 1 is 1.38 bits per heavy atom. The Morgan fingerprint density at radius 2 is 2.00 bits per heavy atom. The quantitative estimate of drug-likeness (QED) is 0.592. The summed E-state index contributed by atoms with van der Waals surface area (Å²) in [5, 5.41) is 21.6. The topological polar surface area (TPSA) is 83.8 Å². The molecule has 0 radical (unpaired) electrons. The van der Waals surface area contributed by atoms with Crippen LogP contribution in [0.3, 0.4) is 0 Å². The lowest BCUT2D eigenvalue weighted by molar-refractivity contribution is -0.191. The van der Waals surface area contributed by atoms with Gasteiger partial charge in [-0.1, -0.05) is 31.9 Å². The van der Waals surface area contributed by atoms with Gasteiger partial charge >= 0.3 is 5.97 Å². The number of esters is 1. The number of fused-ring (bicyclic) bond motifs is 1. The van der Waals surface area contributed by atoms with E-state index in [0.29, 0.717) is 12.8 Å². The highest BCUT2D eigenvalue weighted by Crippen LogP contribution is 2.61. The van der Waals surface area contributed by atoms with E-state index in [9.17, 15) is 19.8 Å². The molecule has 2 aliphatic carbocycles. The maximum Gasteiger partial charge on any atom is 0.330 e. The molecule has 2 rings (SSSR count). The predicted molar refractivity (Wildman–Crippen MR) is 99.3 cm³/mol. The molecule has 0 aromatic carbocycles. The third-order valence-electron chi connectivity index (χ3n) is 7.27. The van der Waals surface area contributed by atoms with Crippen LogP contribution >= 0.6 is 0 Å². The number of ketones is 1. The lowest BCUT2D eigenvalue weighted by Gasteiger charge is -2.61. The average molecular weight is 364 g/mol. The van der Waals surface area contributed by atoms with Gasteiger partial charge < -0.3 is 14.9 Å². The Kier molecular flexibility index (Phi) is 5.83. The molecule has 0 spiro atoms. The Balaban J connectivity index is 2.39. The summed E-state index contributed by atoms with van der Waals surface area (Å²) >= 11 is 0. The van der Waals surface area contributed by atoms with Gasteiger partial charge in [0.1, 0.15) is 0 Å². The lowest BCUT2D eigenvalue weighted by atomic mass is 9.45. The zero-order valence-corrected chi connectivity index (χ0v) is 16.7. The van der Waals surface area contributed by atoms with Crippen LogP contribution in [-0.2, 0) is 14.3 Å². The maximum atomic E-state index is 12.3. The van der Waals surface area contributed by atoms with Gasteiger partial charge in [-0.25, -0.2) is 4.79 Å². The molecule has 5 heteroatoms. The maximum absolute atomic E-state index is 12.3. The first-order valence-electron chi connectivity index (χ1n) is 9.31. The first-order valence-corrected chi connectivity index (χ1v) is 9.31. The van der Waals surface area contributed by atoms with Gasteiger partial charge in [-0.2, -0.15) is 0 Å². The summed E-state index contributed by atoms with van der Waals surface area (Å²) in [6, 6.07) is 0. The first kappa shape index (κ1) is 20.8. The number of hydrogen-bond donors (Lipinski definition) is 2. The number of carbonyl (C=O) groups is 2. The highest BCUT2D eigenvalue weighted by molar-refractivity contribution is 5.92. The Labute approximate surface area is 156 Å². The minimum atomic E-state index is -0.897. The molecule has 6 atom stereocenters. The number of aliphatic hydroxyl groups excluding tert-OH is 2. The average Bonchev–Trinajstić information content (AvgIpc) is 2.59. The van der Waals surface area contributed by atoms with E-state index in [1.165, 1.54) is 13.2 Å². The number of rotatable bonds is 4. The number of hydrogen-bond acceptors (Lipinski definition) is 5. The summed E-state index contributed by atoms with van der Waals surface area (Å²) in [5.74, 6) is -0.530. The normalized spacial score (nSPS) is 40.7. The molecule has 0 aromatic rings. The summed E-state index contributed by atoms with van der Waals surface area (Å²) in [5.41, 5.74) is 0.769. The Morgan fingerprint density at radius 3 is 2.58 bits per heavy atom. The third kappa shape index (κ3) is 3.27. The van der Waals surface area contributed by atoms with Crippen molar-refractivity contribution in [2.45, 2.75) is 66.1 Å². The molecule has 0 heterocycles. The molecule has 0 aromatic heterocycles. The highest BCUT2D eigenvalue weighted by Gasteiger charge is 2.61. The monoisotopic (exact) mass is 364 g/mol. The fraction of sp³-hybridized carbons (Fsp3) is 0.714. The van der Waals surface area contributed by atoms with E-state index in [4.69, 9.17) is 0 Å². The molecule has 0 bridgehead atoms. The number of aliphatic hydroxyl groups is 2. The zero-order valence-electron chi connectivity index (χ0n) is 16.7. The van der Waals surface area contributed by atoms with E-state index in [1.54, 1.807) is 6.08 Å². The van der Waals surface area contributed by atoms with E-state index in [0.717, 1.165) is 17.6 Å². The van der Waals surface area contributed by atoms with Gasteiger partial charge in [-0.15, -0.1) is 0 Å². The van der Waals surface area contributed by atoms with Crippen LogP contribution < -0.4 is 0 Å². The molecule has 1 fully saturated rings. The molecule has 6 unspecified atom stereocenters. The molecule has 2 aliphatic rings. The predicted octanol–water partition coefficient (Wildman–Crippen LogP) is 2.81. The van der Waals surface area contributed by atoms with Crippen LogP contribution in [0.2, 0.25) is 0 Å². The molecular weight excluding hydrogens is 332 g/mol. The standard InChI is InChI=1S/C21H32O5/c1-12(9-17(23)26-6)7-8-20(4)14(3)18(24)19(25)21(5)13(2)10-15(22)11-16(20)21/h9-10,14,16,18-19,24-25H,7-8,11H2,1-6H3/b12-9+. The van der Waals surface area contributed by atoms with Crippen LogP contribution in [0, 0.1) is 22.7 Å². The summed E-state index contributed by atoms with van der Waals surface area (Å²) < 4.78 is 4.68. The molecule has 146 valence electrons. The molecule has 0 amide bonds. The second-order valence-corrected chi connectivity index (χ2v) is 8.58. The van der Waals surface area contributed by atoms with E-state index < -0.39 is 17.6 Å². The van der Waals surface area contributed by atoms with Crippen molar-refractivity contribution in [3.05, 3.63) is 23.3 Å². The highest BCUT2D eigenvalue weighted by atomic mass is 16.5. The van der Waals surface area contributed by atoms with Crippen LogP contribution in [0.4, 0.5) is 0 Å². The van der Waals surface area contributed by atoms with Gasteiger partial charge in [0.15, 0.2) is 5.78 Å². The number of methoxy groups -OCH3 is 1. The van der Waals surface area contributed by atoms with E-state index in [1.807, 2.05) is 27.7 Å². The second kappa shape index (κ2) is 7.28. The van der Waals surface area contributed by atoms with Crippen molar-refractivity contribution < 1.29 is 24.5 Å². The third-order valence-corrected chi connectivity index (χ3v) is 7.27. The number of allylic oxidation sites excluding steroid dienone is 2. The summed E-state index contributed by atoms with van der Waals surface area (Å²) in [4.78, 5) is 23.7. The van der Waals surface area contributed by atoms with Gasteiger partial charge in [0.25, 0.3) is 0 Å². The van der Waals surface area contributed by atoms with Crippen LogP contribution in [0.1, 0.15) is 53.9 Å². The molecule has 1 saturated carbocycles. The Bertz CT molecular complexity index is 649. The Hall–Kier alpha value is -1.46. The minimum absolute atomic E-state index is 0.0631. The molecule has 26 heavy (non-hydrogen) atoms. The smallest absolute Gasteiger partial charge is 0.330 e. The summed E-state index contributed by atoms with van der Waals surface area (Å²) in [6.45, 7) is 9.78. The van der Waals surface area contributed by atoms with Crippen LogP contribution in [-0.4, -0.2) is 41.3 Å². The summed E-state index contributed by atoms with van der Waals surface area (Å²) in [6.07, 6.45) is 3.11. The SMILES string of the molecule is COC(=O)/C=C(\C)CCC1(C)C(C)C(O)C(O)C2(C)C(C)=CC(=O)CC12. The van der Waals surface area contributed by atoms with Crippen molar-refractivity contribution >= 4 is 11.8 Å². The van der Waals surface area contributed by atoms with Gasteiger partial charge in [0.05, 0.1) is 19.3 Å². The number of ether oxygens (including phenoxy) is 1. The van der Waals surface area contributed by atoms with E-state index >= 15 is 0 Å². The van der Waals surface area contributed by atoms with Gasteiger partial charge in [-0.3, -0.25) is 4.79 Å². The van der Waals surface area contributed by atoms with Gasteiger partial charge in [-0.05, 0) is 50.0 Å². The van der Waals surface area contributed by atoms with Gasteiger partial charge in [0.2, 0.25) is 0 Å².